The summed E-state index contributed by atoms with van der Waals surface area (Å²) in [6.07, 6.45) is -0.337. The fourth-order valence-electron chi connectivity index (χ4n) is 0.871. The second kappa shape index (κ2) is 4.04. The molecule has 1 aromatic rings. The van der Waals surface area contributed by atoms with Gasteiger partial charge in [0.15, 0.2) is 0 Å². The minimum atomic E-state index is -0.594. The molecule has 0 aliphatic rings. The van der Waals surface area contributed by atoms with Crippen LogP contribution in [0.4, 0.5) is 0 Å². The number of oxazole rings is 1. The first-order valence-electron chi connectivity index (χ1n) is 4.08. The molecule has 0 aliphatic heterocycles. The molecule has 0 radical (unpaired) electrons. The Balaban J connectivity index is 2.75. The van der Waals surface area contributed by atoms with Crippen molar-refractivity contribution in [3.63, 3.8) is 0 Å². The Morgan fingerprint density at radius 2 is 2.07 bits per heavy atom. The summed E-state index contributed by atoms with van der Waals surface area (Å²) in [5.41, 5.74) is 0.651. The first-order chi connectivity index (χ1) is 6.54. The first-order valence-corrected chi connectivity index (χ1v) is 4.08. The van der Waals surface area contributed by atoms with Gasteiger partial charge in [-0.2, -0.15) is 0 Å². The molecule has 0 amide bonds. The molecule has 5 nitrogen and oxygen atoms in total. The van der Waals surface area contributed by atoms with Gasteiger partial charge >= 0.3 is 5.97 Å². The highest BCUT2D eigenvalue weighted by Crippen LogP contribution is 2.10. The number of aromatic nitrogens is 1. The highest BCUT2D eigenvalue weighted by molar-refractivity contribution is 6.03. The smallest absolute Gasteiger partial charge is 0.313 e. The predicted octanol–water partition coefficient (Wildman–Crippen LogP) is 1.04. The monoisotopic (exact) mass is 197 g/mol. The van der Waals surface area contributed by atoms with Gasteiger partial charge in [0.2, 0.25) is 5.78 Å². The number of hydrogen-bond donors (Lipinski definition) is 0. The van der Waals surface area contributed by atoms with E-state index < -0.39 is 11.8 Å². The lowest BCUT2D eigenvalue weighted by atomic mass is 10.3. The Kier molecular flexibility index (Phi) is 3.01. The van der Waals surface area contributed by atoms with E-state index in [4.69, 9.17) is 4.42 Å². The summed E-state index contributed by atoms with van der Waals surface area (Å²) in [5.74, 6) is -0.514. The van der Waals surface area contributed by atoms with Gasteiger partial charge in [-0.05, 0) is 13.8 Å². The number of rotatable bonds is 3. The predicted molar refractivity (Wildman–Crippen MR) is 46.9 cm³/mol. The van der Waals surface area contributed by atoms with Crippen molar-refractivity contribution in [2.45, 2.75) is 20.3 Å². The quantitative estimate of drug-likeness (QED) is 0.411. The average molecular weight is 197 g/mol. The van der Waals surface area contributed by atoms with E-state index in [1.807, 2.05) is 0 Å². The normalized spacial score (nSPS) is 9.93. The van der Waals surface area contributed by atoms with Crippen LogP contribution >= 0.6 is 0 Å². The highest BCUT2D eigenvalue weighted by Gasteiger charge is 2.18. The van der Waals surface area contributed by atoms with Gasteiger partial charge in [-0.3, -0.25) is 9.59 Å². The van der Waals surface area contributed by atoms with Gasteiger partial charge in [-0.25, -0.2) is 4.98 Å². The third-order valence-electron chi connectivity index (χ3n) is 1.80. The van der Waals surface area contributed by atoms with Crippen molar-refractivity contribution in [3.05, 3.63) is 17.3 Å². The van der Waals surface area contributed by atoms with Crippen LogP contribution in [0.2, 0.25) is 0 Å². The minimum absolute atomic E-state index is 0.0367. The maximum absolute atomic E-state index is 11.3. The topological polar surface area (TPSA) is 69.4 Å². The average Bonchev–Trinajstić information content (AvgIpc) is 2.47. The maximum Gasteiger partial charge on any atom is 0.313 e. The molecule has 0 N–H and O–H groups in total. The summed E-state index contributed by atoms with van der Waals surface area (Å²) in [4.78, 5) is 26.0. The number of hydrogen-bond acceptors (Lipinski definition) is 5. The number of ether oxygens (including phenoxy) is 1. The van der Waals surface area contributed by atoms with Crippen molar-refractivity contribution in [1.29, 1.82) is 0 Å². The summed E-state index contributed by atoms with van der Waals surface area (Å²) >= 11 is 0. The summed E-state index contributed by atoms with van der Waals surface area (Å²) in [6, 6.07) is 0. The summed E-state index contributed by atoms with van der Waals surface area (Å²) in [5, 5.41) is 0. The van der Waals surface area contributed by atoms with Crippen LogP contribution in [0.15, 0.2) is 4.42 Å². The molecule has 5 heteroatoms. The van der Waals surface area contributed by atoms with Gasteiger partial charge in [0, 0.05) is 0 Å². The van der Waals surface area contributed by atoms with Gasteiger partial charge < -0.3 is 9.15 Å². The van der Waals surface area contributed by atoms with E-state index in [1.54, 1.807) is 13.8 Å². The van der Waals surface area contributed by atoms with Gasteiger partial charge in [0.1, 0.15) is 12.2 Å². The van der Waals surface area contributed by atoms with Crippen LogP contribution in [0.1, 0.15) is 28.6 Å². The molecule has 0 saturated heterocycles. The van der Waals surface area contributed by atoms with E-state index >= 15 is 0 Å². The van der Waals surface area contributed by atoms with E-state index in [0.29, 0.717) is 11.5 Å². The van der Waals surface area contributed by atoms with Crippen LogP contribution in [0.25, 0.3) is 0 Å². The van der Waals surface area contributed by atoms with Crippen molar-refractivity contribution in [3.8, 4) is 0 Å². The third-order valence-corrected chi connectivity index (χ3v) is 1.80. The Bertz CT molecular complexity index is 347. The zero-order valence-electron chi connectivity index (χ0n) is 8.29. The molecule has 1 rings (SSSR count). The van der Waals surface area contributed by atoms with E-state index in [9.17, 15) is 9.59 Å². The molecule has 0 aliphatic carbocycles. The zero-order chi connectivity index (χ0) is 10.7. The van der Waals surface area contributed by atoms with Crippen molar-refractivity contribution in [1.82, 2.24) is 4.98 Å². The number of nitrogens with zero attached hydrogens (tertiary/aromatic N) is 1. The van der Waals surface area contributed by atoms with E-state index in [2.05, 4.69) is 9.72 Å². The van der Waals surface area contributed by atoms with Crippen molar-refractivity contribution < 1.29 is 18.7 Å². The summed E-state index contributed by atoms with van der Waals surface area (Å²) in [7, 11) is 1.22. The van der Waals surface area contributed by atoms with E-state index in [0.717, 1.165) is 0 Å². The maximum atomic E-state index is 11.3. The van der Waals surface area contributed by atoms with Crippen LogP contribution in [0.3, 0.4) is 0 Å². The molecule has 0 bridgehead atoms. The second-order valence-electron chi connectivity index (χ2n) is 2.84. The molecule has 1 heterocycles. The lowest BCUT2D eigenvalue weighted by Crippen LogP contribution is -2.09. The van der Waals surface area contributed by atoms with Crippen molar-refractivity contribution in [2.24, 2.45) is 0 Å². The van der Waals surface area contributed by atoms with Crippen LogP contribution in [-0.4, -0.2) is 23.8 Å². The van der Waals surface area contributed by atoms with Crippen LogP contribution in [0, 0.1) is 13.8 Å². The van der Waals surface area contributed by atoms with Crippen molar-refractivity contribution >= 4 is 11.8 Å². The first kappa shape index (κ1) is 10.4. The summed E-state index contributed by atoms with van der Waals surface area (Å²) < 4.78 is 9.40. The largest absolute Gasteiger partial charge is 0.469 e. The van der Waals surface area contributed by atoms with Crippen LogP contribution < -0.4 is 0 Å². The number of ketones is 1. The Labute approximate surface area is 81.1 Å². The number of carbonyl (C=O) groups excluding carboxylic acids is 2. The molecule has 0 saturated carbocycles. The van der Waals surface area contributed by atoms with Crippen LogP contribution in [-0.2, 0) is 9.53 Å². The molecular formula is C9H11NO4. The molecular weight excluding hydrogens is 186 g/mol. The molecule has 0 spiro atoms. The number of methoxy groups -OCH3 is 1. The van der Waals surface area contributed by atoms with Gasteiger partial charge in [0.05, 0.1) is 12.8 Å². The number of carbonyl (C=O) groups is 2. The molecule has 0 fully saturated rings. The zero-order valence-corrected chi connectivity index (χ0v) is 8.29. The van der Waals surface area contributed by atoms with Crippen LogP contribution in [0.5, 0.6) is 0 Å². The molecule has 14 heavy (non-hydrogen) atoms. The van der Waals surface area contributed by atoms with Gasteiger partial charge in [0.25, 0.3) is 5.89 Å². The third kappa shape index (κ3) is 2.18. The van der Waals surface area contributed by atoms with E-state index in [-0.39, 0.29) is 12.3 Å². The Morgan fingerprint density at radius 1 is 1.43 bits per heavy atom. The highest BCUT2D eigenvalue weighted by atomic mass is 16.5. The van der Waals surface area contributed by atoms with Gasteiger partial charge in [-0.1, -0.05) is 0 Å². The second-order valence-corrected chi connectivity index (χ2v) is 2.84. The standard InChI is InChI=1S/C9H11NO4/c1-5-6(2)14-9(10-5)7(11)4-8(12)13-3/h4H2,1-3H3. The number of Topliss-reactive ketones (excluding diaryl/α,β-unsaturated/α-hetero) is 1. The molecule has 76 valence electrons. The minimum Gasteiger partial charge on any atom is -0.469 e. The van der Waals surface area contributed by atoms with Gasteiger partial charge in [-0.15, -0.1) is 0 Å². The number of aryl methyl sites for hydroxylation is 2. The fraction of sp³-hybridized carbons (Fsp3) is 0.444. The van der Waals surface area contributed by atoms with Crippen molar-refractivity contribution in [2.75, 3.05) is 7.11 Å². The van der Waals surface area contributed by atoms with E-state index in [1.165, 1.54) is 7.11 Å². The molecule has 0 unspecified atom stereocenters. The lowest BCUT2D eigenvalue weighted by Gasteiger charge is -1.94. The Hall–Kier alpha value is -1.65. The molecule has 0 atom stereocenters. The Morgan fingerprint density at radius 3 is 2.50 bits per heavy atom. The fourth-order valence-corrected chi connectivity index (χ4v) is 0.871. The lowest BCUT2D eigenvalue weighted by molar-refractivity contribution is -0.139. The molecule has 1 aromatic heterocycles. The summed E-state index contributed by atoms with van der Waals surface area (Å²) in [6.45, 7) is 3.44. The number of esters is 1. The molecule has 0 aromatic carbocycles. The SMILES string of the molecule is COC(=O)CC(=O)c1nc(C)c(C)o1.